The van der Waals surface area contributed by atoms with Crippen molar-refractivity contribution in [3.05, 3.63) is 89.7 Å². The zero-order valence-corrected chi connectivity index (χ0v) is 15.6. The lowest BCUT2D eigenvalue weighted by Gasteiger charge is -2.37. The van der Waals surface area contributed by atoms with E-state index in [0.717, 1.165) is 30.6 Å². The Hall–Kier alpha value is -3.01. The van der Waals surface area contributed by atoms with Gasteiger partial charge >= 0.3 is 6.03 Å². The van der Waals surface area contributed by atoms with E-state index in [9.17, 15) is 4.79 Å². The summed E-state index contributed by atoms with van der Waals surface area (Å²) in [4.78, 5) is 15.2. The molecule has 0 unspecified atom stereocenters. The highest BCUT2D eigenvalue weighted by Gasteiger charge is 2.31. The minimum atomic E-state index is -0.0238. The van der Waals surface area contributed by atoms with Gasteiger partial charge in [0.25, 0.3) is 0 Å². The van der Waals surface area contributed by atoms with Gasteiger partial charge in [0, 0.05) is 30.7 Å². The van der Waals surface area contributed by atoms with E-state index in [0.29, 0.717) is 6.54 Å². The predicted molar refractivity (Wildman–Crippen MR) is 109 cm³/mol. The Morgan fingerprint density at radius 3 is 2.59 bits per heavy atom. The van der Waals surface area contributed by atoms with Gasteiger partial charge in [0.15, 0.2) is 0 Å². The number of rotatable bonds is 4. The Kier molecular flexibility index (Phi) is 4.97. The fraction of sp³-hybridized carbons (Fsp3) is 0.261. The molecular formula is C23H25N3O. The van der Waals surface area contributed by atoms with Crippen LogP contribution >= 0.6 is 0 Å². The van der Waals surface area contributed by atoms with E-state index in [1.807, 2.05) is 29.2 Å². The topological polar surface area (TPSA) is 37.3 Å². The maximum absolute atomic E-state index is 13.2. The highest BCUT2D eigenvalue weighted by molar-refractivity contribution is 5.90. The molecule has 138 valence electrons. The molecule has 2 heterocycles. The van der Waals surface area contributed by atoms with Crippen LogP contribution in [0.4, 0.5) is 10.5 Å². The number of aryl methyl sites for hydroxylation is 1. The van der Waals surface area contributed by atoms with Crippen LogP contribution in [0.2, 0.25) is 0 Å². The molecule has 0 fully saturated rings. The normalized spacial score (nSPS) is 16.0. The van der Waals surface area contributed by atoms with Gasteiger partial charge in [-0.25, -0.2) is 4.79 Å². The summed E-state index contributed by atoms with van der Waals surface area (Å²) in [6, 6.07) is 22.6. The molecule has 2 aromatic carbocycles. The number of urea groups is 1. The molecule has 4 nitrogen and oxygen atoms in total. The van der Waals surface area contributed by atoms with E-state index in [1.54, 1.807) is 0 Å². The Bertz CT molecular complexity index is 916. The fourth-order valence-electron chi connectivity index (χ4n) is 3.90. The second kappa shape index (κ2) is 7.70. The van der Waals surface area contributed by atoms with Gasteiger partial charge in [0.2, 0.25) is 0 Å². The summed E-state index contributed by atoms with van der Waals surface area (Å²) >= 11 is 0. The van der Waals surface area contributed by atoms with Crippen molar-refractivity contribution in [1.82, 2.24) is 9.47 Å². The third-order valence-corrected chi connectivity index (χ3v) is 5.34. The maximum Gasteiger partial charge on any atom is 0.322 e. The molecule has 0 bridgehead atoms. The van der Waals surface area contributed by atoms with Gasteiger partial charge in [-0.3, -0.25) is 0 Å². The second-order valence-electron chi connectivity index (χ2n) is 6.97. The third kappa shape index (κ3) is 3.61. The first-order valence-corrected chi connectivity index (χ1v) is 9.60. The molecule has 3 aromatic rings. The number of hydrogen-bond donors (Lipinski definition) is 1. The van der Waals surface area contributed by atoms with Crippen molar-refractivity contribution in [3.63, 3.8) is 0 Å². The fourth-order valence-corrected chi connectivity index (χ4v) is 3.90. The van der Waals surface area contributed by atoms with Gasteiger partial charge in [-0.15, -0.1) is 0 Å². The molecule has 4 rings (SSSR count). The summed E-state index contributed by atoms with van der Waals surface area (Å²) in [6.45, 7) is 3.65. The highest BCUT2D eigenvalue weighted by atomic mass is 16.2. The van der Waals surface area contributed by atoms with Gasteiger partial charge in [0.1, 0.15) is 0 Å². The summed E-state index contributed by atoms with van der Waals surface area (Å²) < 4.78 is 2.26. The number of carbonyl (C=O) groups is 1. The van der Waals surface area contributed by atoms with E-state index in [2.05, 4.69) is 65.5 Å². The van der Waals surface area contributed by atoms with E-state index >= 15 is 0 Å². The van der Waals surface area contributed by atoms with Crippen molar-refractivity contribution in [2.24, 2.45) is 0 Å². The van der Waals surface area contributed by atoms with Crippen molar-refractivity contribution in [1.29, 1.82) is 0 Å². The Balaban J connectivity index is 1.60. The highest BCUT2D eigenvalue weighted by Crippen LogP contribution is 2.30. The van der Waals surface area contributed by atoms with Crippen molar-refractivity contribution in [3.8, 4) is 0 Å². The van der Waals surface area contributed by atoms with Gasteiger partial charge in [0.05, 0.1) is 6.04 Å². The largest absolute Gasteiger partial charge is 0.348 e. The molecular weight excluding hydrogens is 334 g/mol. The SMILES string of the molecule is CCc1ccccc1NC(=O)N1CCn2cccc2[C@@H]1Cc1ccccc1. The van der Waals surface area contributed by atoms with Crippen LogP contribution in [0.1, 0.15) is 29.8 Å². The van der Waals surface area contributed by atoms with E-state index in [1.165, 1.54) is 11.3 Å². The van der Waals surface area contributed by atoms with E-state index < -0.39 is 0 Å². The van der Waals surface area contributed by atoms with Crippen molar-refractivity contribution >= 4 is 11.7 Å². The lowest BCUT2D eigenvalue weighted by atomic mass is 10.0. The van der Waals surface area contributed by atoms with Crippen molar-refractivity contribution in [2.75, 3.05) is 11.9 Å². The van der Waals surface area contributed by atoms with Gasteiger partial charge in [-0.2, -0.15) is 0 Å². The van der Waals surface area contributed by atoms with E-state index in [-0.39, 0.29) is 12.1 Å². The first-order chi connectivity index (χ1) is 13.3. The smallest absolute Gasteiger partial charge is 0.322 e. The molecule has 0 saturated heterocycles. The summed E-state index contributed by atoms with van der Waals surface area (Å²) in [5.41, 5.74) is 4.50. The molecule has 1 aromatic heterocycles. The lowest BCUT2D eigenvalue weighted by molar-refractivity contribution is 0.167. The standard InChI is InChI=1S/C23H25N3O/c1-2-19-11-6-7-12-20(19)24-23(27)26-16-15-25-14-8-13-21(25)22(26)17-18-9-4-3-5-10-18/h3-14,22H,2,15-17H2,1H3,(H,24,27)/t22-/m0/s1. The average molecular weight is 359 g/mol. The monoisotopic (exact) mass is 359 g/mol. The summed E-state index contributed by atoms with van der Waals surface area (Å²) in [7, 11) is 0. The number of para-hydroxylation sites is 1. The number of fused-ring (bicyclic) bond motifs is 1. The number of hydrogen-bond acceptors (Lipinski definition) is 1. The molecule has 0 saturated carbocycles. The molecule has 0 aliphatic carbocycles. The number of nitrogens with zero attached hydrogens (tertiary/aromatic N) is 2. The average Bonchev–Trinajstić information content (AvgIpc) is 3.18. The minimum Gasteiger partial charge on any atom is -0.348 e. The summed E-state index contributed by atoms with van der Waals surface area (Å²) in [6.07, 6.45) is 3.81. The molecule has 1 aliphatic rings. The number of aromatic nitrogens is 1. The number of nitrogens with one attached hydrogen (secondary N) is 1. The third-order valence-electron chi connectivity index (χ3n) is 5.34. The van der Waals surface area contributed by atoms with Crippen molar-refractivity contribution in [2.45, 2.75) is 32.4 Å². The Morgan fingerprint density at radius 2 is 1.78 bits per heavy atom. The predicted octanol–water partition coefficient (Wildman–Crippen LogP) is 4.88. The lowest BCUT2D eigenvalue weighted by Crippen LogP contribution is -2.45. The molecule has 0 spiro atoms. The van der Waals surface area contributed by atoms with Gasteiger partial charge < -0.3 is 14.8 Å². The first kappa shape index (κ1) is 17.4. The number of benzene rings is 2. The van der Waals surface area contributed by atoms with Crippen LogP contribution in [0, 0.1) is 0 Å². The number of anilines is 1. The molecule has 0 radical (unpaired) electrons. The first-order valence-electron chi connectivity index (χ1n) is 9.60. The molecule has 4 heteroatoms. The zero-order valence-electron chi connectivity index (χ0n) is 15.6. The quantitative estimate of drug-likeness (QED) is 0.708. The van der Waals surface area contributed by atoms with Crippen LogP contribution in [0.15, 0.2) is 72.9 Å². The minimum absolute atomic E-state index is 0.0238. The van der Waals surface area contributed by atoms with Gasteiger partial charge in [-0.1, -0.05) is 55.5 Å². The van der Waals surface area contributed by atoms with Crippen LogP contribution in [0.5, 0.6) is 0 Å². The number of amides is 2. The maximum atomic E-state index is 13.2. The Morgan fingerprint density at radius 1 is 1.00 bits per heavy atom. The molecule has 1 aliphatic heterocycles. The van der Waals surface area contributed by atoms with Crippen LogP contribution in [0.3, 0.4) is 0 Å². The molecule has 1 atom stereocenters. The van der Waals surface area contributed by atoms with Crippen LogP contribution in [-0.4, -0.2) is 22.0 Å². The van der Waals surface area contributed by atoms with Crippen LogP contribution < -0.4 is 5.32 Å². The van der Waals surface area contributed by atoms with Gasteiger partial charge in [-0.05, 0) is 42.2 Å². The van der Waals surface area contributed by atoms with Crippen LogP contribution in [0.25, 0.3) is 0 Å². The molecule has 2 amide bonds. The van der Waals surface area contributed by atoms with E-state index in [4.69, 9.17) is 0 Å². The summed E-state index contributed by atoms with van der Waals surface area (Å²) in [5.74, 6) is 0. The Labute approximate surface area is 160 Å². The number of carbonyl (C=O) groups excluding carboxylic acids is 1. The second-order valence-corrected chi connectivity index (χ2v) is 6.97. The summed E-state index contributed by atoms with van der Waals surface area (Å²) in [5, 5.41) is 3.15. The molecule has 1 N–H and O–H groups in total. The molecule has 27 heavy (non-hydrogen) atoms. The van der Waals surface area contributed by atoms with Crippen molar-refractivity contribution < 1.29 is 4.79 Å². The van der Waals surface area contributed by atoms with Crippen LogP contribution in [-0.2, 0) is 19.4 Å². The zero-order chi connectivity index (χ0) is 18.6.